The Morgan fingerprint density at radius 3 is 2.54 bits per heavy atom. The van der Waals surface area contributed by atoms with Crippen molar-refractivity contribution in [3.8, 4) is 0 Å². The maximum Gasteiger partial charge on any atom is 0.280 e. The van der Waals surface area contributed by atoms with E-state index in [1.54, 1.807) is 12.4 Å². The first-order valence-corrected chi connectivity index (χ1v) is 7.91. The highest BCUT2D eigenvalue weighted by Crippen LogP contribution is 2.22. The number of hydrogen-bond acceptors (Lipinski definition) is 5. The average Bonchev–Trinajstić information content (AvgIpc) is 2.58. The van der Waals surface area contributed by atoms with E-state index in [0.29, 0.717) is 12.5 Å². The molecule has 0 N–H and O–H groups in total. The Morgan fingerprint density at radius 2 is 1.96 bits per heavy atom. The molecule has 0 bridgehead atoms. The van der Waals surface area contributed by atoms with E-state index in [1.807, 2.05) is 6.92 Å². The molecule has 24 heavy (non-hydrogen) atoms. The highest BCUT2D eigenvalue weighted by atomic mass is 19.3. The van der Waals surface area contributed by atoms with Gasteiger partial charge in [0.25, 0.3) is 12.0 Å². The first-order chi connectivity index (χ1) is 11.5. The molecular weight excluding hydrogens is 316 g/mol. The molecule has 1 aliphatic rings. The van der Waals surface area contributed by atoms with Gasteiger partial charge in [-0.05, 0) is 25.7 Å². The Balaban J connectivity index is 1.59. The van der Waals surface area contributed by atoms with Crippen molar-refractivity contribution in [3.63, 3.8) is 0 Å². The van der Waals surface area contributed by atoms with Crippen LogP contribution < -0.4 is 10.5 Å². The highest BCUT2D eigenvalue weighted by Gasteiger charge is 2.21. The molecule has 128 valence electrons. The van der Waals surface area contributed by atoms with Gasteiger partial charge in [-0.25, -0.2) is 18.7 Å². The Bertz CT molecular complexity index is 739. The number of halogens is 2. The third-order valence-corrected chi connectivity index (χ3v) is 4.28. The third kappa shape index (κ3) is 3.74. The van der Waals surface area contributed by atoms with Crippen molar-refractivity contribution in [2.45, 2.75) is 32.7 Å². The van der Waals surface area contributed by atoms with Crippen molar-refractivity contribution < 1.29 is 8.78 Å². The first kappa shape index (κ1) is 16.5. The molecule has 0 aliphatic carbocycles. The monoisotopic (exact) mass is 335 g/mol. The second-order valence-electron chi connectivity index (χ2n) is 6.05. The van der Waals surface area contributed by atoms with E-state index in [4.69, 9.17) is 0 Å². The second kappa shape index (κ2) is 7.02. The van der Waals surface area contributed by atoms with Crippen molar-refractivity contribution in [3.05, 3.63) is 46.5 Å². The van der Waals surface area contributed by atoms with Crippen LogP contribution in [0.2, 0.25) is 0 Å². The highest BCUT2D eigenvalue weighted by molar-refractivity contribution is 5.36. The molecule has 2 aromatic heterocycles. The third-order valence-electron chi connectivity index (χ3n) is 4.28. The maximum atomic E-state index is 12.5. The molecule has 1 fully saturated rings. The van der Waals surface area contributed by atoms with Crippen LogP contribution in [0.15, 0.2) is 29.6 Å². The smallest absolute Gasteiger partial charge is 0.280 e. The molecule has 1 aliphatic heterocycles. The molecule has 3 heterocycles. The Labute approximate surface area is 138 Å². The fourth-order valence-corrected chi connectivity index (χ4v) is 2.87. The van der Waals surface area contributed by atoms with Crippen molar-refractivity contribution in [2.75, 3.05) is 18.0 Å². The summed E-state index contributed by atoms with van der Waals surface area (Å²) in [5.41, 5.74) is -0.0103. The average molecular weight is 335 g/mol. The zero-order valence-electron chi connectivity index (χ0n) is 13.4. The molecule has 0 amide bonds. The van der Waals surface area contributed by atoms with Gasteiger partial charge in [0.2, 0.25) is 0 Å². The second-order valence-corrected chi connectivity index (χ2v) is 6.05. The summed E-state index contributed by atoms with van der Waals surface area (Å²) in [7, 11) is 0. The van der Waals surface area contributed by atoms with Crippen molar-refractivity contribution in [1.82, 2.24) is 19.5 Å². The Kier molecular flexibility index (Phi) is 4.82. The number of anilines is 1. The molecule has 0 spiro atoms. The lowest BCUT2D eigenvalue weighted by Crippen LogP contribution is -2.36. The summed E-state index contributed by atoms with van der Waals surface area (Å²) in [5.74, 6) is 1.18. The zero-order valence-corrected chi connectivity index (χ0v) is 13.4. The fourth-order valence-electron chi connectivity index (χ4n) is 2.87. The van der Waals surface area contributed by atoms with Crippen LogP contribution in [0.1, 0.15) is 30.7 Å². The molecule has 1 saturated heterocycles. The lowest BCUT2D eigenvalue weighted by molar-refractivity contribution is 0.145. The quantitative estimate of drug-likeness (QED) is 0.857. The van der Waals surface area contributed by atoms with Crippen LogP contribution in [0, 0.1) is 12.8 Å². The van der Waals surface area contributed by atoms with E-state index in [1.165, 1.54) is 10.9 Å². The summed E-state index contributed by atoms with van der Waals surface area (Å²) in [6, 6.07) is 0.918. The van der Waals surface area contributed by atoms with E-state index in [-0.39, 0.29) is 0 Å². The van der Waals surface area contributed by atoms with E-state index >= 15 is 0 Å². The molecule has 3 rings (SSSR count). The SMILES string of the molecule is Cc1cnc(N2CCC(Cn3cnc(C(F)F)cc3=O)CC2)cn1. The summed E-state index contributed by atoms with van der Waals surface area (Å²) >= 11 is 0. The van der Waals surface area contributed by atoms with Gasteiger partial charge >= 0.3 is 0 Å². The molecule has 0 atom stereocenters. The van der Waals surface area contributed by atoms with E-state index < -0.39 is 17.7 Å². The van der Waals surface area contributed by atoms with Crippen molar-refractivity contribution >= 4 is 5.82 Å². The summed E-state index contributed by atoms with van der Waals surface area (Å²) in [5, 5.41) is 0. The molecule has 8 heteroatoms. The van der Waals surface area contributed by atoms with Crippen LogP contribution in [0.3, 0.4) is 0 Å². The van der Waals surface area contributed by atoms with Crippen LogP contribution in [0.25, 0.3) is 0 Å². The number of rotatable bonds is 4. The standard InChI is InChI=1S/C16H19F2N5O/c1-11-7-20-14(8-19-11)22-4-2-12(3-5-22)9-23-10-21-13(16(17)18)6-15(23)24/h6-8,10,12,16H,2-5,9H2,1H3. The molecule has 0 unspecified atom stereocenters. The minimum Gasteiger partial charge on any atom is -0.355 e. The number of hydrogen-bond donors (Lipinski definition) is 0. The summed E-state index contributed by atoms with van der Waals surface area (Å²) in [6.45, 7) is 4.07. The molecule has 0 saturated carbocycles. The van der Waals surface area contributed by atoms with E-state index in [0.717, 1.165) is 43.5 Å². The lowest BCUT2D eigenvalue weighted by atomic mass is 9.97. The number of aryl methyl sites for hydroxylation is 1. The zero-order chi connectivity index (χ0) is 17.1. The van der Waals surface area contributed by atoms with Crippen LogP contribution in [0.5, 0.6) is 0 Å². The topological polar surface area (TPSA) is 63.9 Å². The van der Waals surface area contributed by atoms with Crippen LogP contribution >= 0.6 is 0 Å². The van der Waals surface area contributed by atoms with Crippen LogP contribution in [-0.4, -0.2) is 32.6 Å². The minimum atomic E-state index is -2.72. The summed E-state index contributed by atoms with van der Waals surface area (Å²) in [6.07, 6.45) is 3.83. The normalized spacial score (nSPS) is 15.9. The molecular formula is C16H19F2N5O. The Morgan fingerprint density at radius 1 is 1.21 bits per heavy atom. The van der Waals surface area contributed by atoms with Gasteiger partial charge in [0, 0.05) is 25.7 Å². The molecule has 6 nitrogen and oxygen atoms in total. The minimum absolute atomic E-state index is 0.316. The fraction of sp³-hybridized carbons (Fsp3) is 0.500. The van der Waals surface area contributed by atoms with Crippen molar-refractivity contribution in [2.24, 2.45) is 5.92 Å². The lowest BCUT2D eigenvalue weighted by Gasteiger charge is -2.32. The molecule has 0 radical (unpaired) electrons. The number of alkyl halides is 2. The predicted molar refractivity (Wildman–Crippen MR) is 85.2 cm³/mol. The summed E-state index contributed by atoms with van der Waals surface area (Å²) in [4.78, 5) is 26.4. The Hall–Kier alpha value is -2.38. The van der Waals surface area contributed by atoms with Gasteiger partial charge in [0.1, 0.15) is 11.5 Å². The van der Waals surface area contributed by atoms with Gasteiger partial charge in [-0.2, -0.15) is 0 Å². The maximum absolute atomic E-state index is 12.5. The van der Waals surface area contributed by atoms with Gasteiger partial charge in [-0.1, -0.05) is 0 Å². The van der Waals surface area contributed by atoms with Gasteiger partial charge in [-0.3, -0.25) is 14.3 Å². The van der Waals surface area contributed by atoms with E-state index in [9.17, 15) is 13.6 Å². The molecule has 0 aromatic carbocycles. The van der Waals surface area contributed by atoms with Gasteiger partial charge in [0.15, 0.2) is 0 Å². The molecule has 2 aromatic rings. The van der Waals surface area contributed by atoms with Gasteiger partial charge < -0.3 is 4.90 Å². The van der Waals surface area contributed by atoms with Gasteiger partial charge in [-0.15, -0.1) is 0 Å². The largest absolute Gasteiger partial charge is 0.355 e. The van der Waals surface area contributed by atoms with Gasteiger partial charge in [0.05, 0.1) is 24.4 Å². The van der Waals surface area contributed by atoms with Crippen LogP contribution in [0.4, 0.5) is 14.6 Å². The van der Waals surface area contributed by atoms with Crippen LogP contribution in [-0.2, 0) is 6.54 Å². The number of piperidine rings is 1. The predicted octanol–water partition coefficient (Wildman–Crippen LogP) is 2.20. The number of nitrogens with zero attached hydrogens (tertiary/aromatic N) is 5. The number of aromatic nitrogens is 4. The van der Waals surface area contributed by atoms with E-state index in [2.05, 4.69) is 19.9 Å². The van der Waals surface area contributed by atoms with Crippen molar-refractivity contribution in [1.29, 1.82) is 0 Å². The first-order valence-electron chi connectivity index (χ1n) is 7.91. The summed E-state index contributed by atoms with van der Waals surface area (Å²) < 4.78 is 26.5.